The van der Waals surface area contributed by atoms with Gasteiger partial charge in [-0.1, -0.05) is 18.2 Å². The number of benzene rings is 2. The first-order valence-corrected chi connectivity index (χ1v) is 9.15. The van der Waals surface area contributed by atoms with Crippen molar-refractivity contribution in [1.82, 2.24) is 5.32 Å². The molecule has 1 amide bonds. The van der Waals surface area contributed by atoms with E-state index in [0.717, 1.165) is 10.9 Å². The molecule has 0 saturated carbocycles. The Morgan fingerprint density at radius 2 is 1.71 bits per heavy atom. The Morgan fingerprint density at radius 1 is 0.964 bits per heavy atom. The van der Waals surface area contributed by atoms with Gasteiger partial charge in [-0.3, -0.25) is 4.79 Å². The average Bonchev–Trinajstić information content (AvgIpc) is 3.12. The van der Waals surface area contributed by atoms with Crippen LogP contribution in [0.4, 0.5) is 0 Å². The van der Waals surface area contributed by atoms with Crippen molar-refractivity contribution in [2.24, 2.45) is 0 Å². The van der Waals surface area contributed by atoms with E-state index < -0.39 is 0 Å². The molecular formula is C22H25NO5. The van der Waals surface area contributed by atoms with Crippen molar-refractivity contribution in [2.45, 2.75) is 32.9 Å². The summed E-state index contributed by atoms with van der Waals surface area (Å²) in [5.74, 6) is 1.82. The highest BCUT2D eigenvalue weighted by Gasteiger charge is 2.18. The average molecular weight is 383 g/mol. The van der Waals surface area contributed by atoms with E-state index in [1.807, 2.05) is 51.1 Å². The molecule has 0 aliphatic rings. The number of ether oxygens (including phenoxy) is 3. The molecule has 3 rings (SSSR count). The summed E-state index contributed by atoms with van der Waals surface area (Å²) in [6.45, 7) is 5.82. The molecule has 28 heavy (non-hydrogen) atoms. The van der Waals surface area contributed by atoms with Crippen LogP contribution in [0.5, 0.6) is 17.2 Å². The topological polar surface area (TPSA) is 69.9 Å². The zero-order valence-electron chi connectivity index (χ0n) is 16.7. The molecule has 1 heterocycles. The smallest absolute Gasteiger partial charge is 0.287 e. The first-order chi connectivity index (χ1) is 13.4. The fraction of sp³-hybridized carbons (Fsp3) is 0.318. The molecule has 1 atom stereocenters. The molecule has 1 N–H and O–H groups in total. The second kappa shape index (κ2) is 8.25. The molecule has 0 bridgehead atoms. The van der Waals surface area contributed by atoms with Crippen LogP contribution in [0.15, 0.2) is 46.9 Å². The van der Waals surface area contributed by atoms with Crippen molar-refractivity contribution in [2.75, 3.05) is 14.2 Å². The Morgan fingerprint density at radius 3 is 2.39 bits per heavy atom. The monoisotopic (exact) mass is 383 g/mol. The number of rotatable bonds is 7. The number of carbonyl (C=O) groups is 1. The Hall–Kier alpha value is -3.15. The molecular weight excluding hydrogens is 358 g/mol. The number of carbonyl (C=O) groups excluding carboxylic acids is 1. The van der Waals surface area contributed by atoms with Crippen LogP contribution in [-0.2, 0) is 0 Å². The van der Waals surface area contributed by atoms with Gasteiger partial charge < -0.3 is 23.9 Å². The summed E-state index contributed by atoms with van der Waals surface area (Å²) in [7, 11) is 3.16. The minimum absolute atomic E-state index is 0.0435. The summed E-state index contributed by atoms with van der Waals surface area (Å²) in [4.78, 5) is 12.7. The van der Waals surface area contributed by atoms with Crippen molar-refractivity contribution in [3.8, 4) is 17.2 Å². The van der Waals surface area contributed by atoms with E-state index in [4.69, 9.17) is 18.6 Å². The van der Waals surface area contributed by atoms with Crippen molar-refractivity contribution in [3.05, 3.63) is 53.8 Å². The molecule has 0 fully saturated rings. The zero-order chi connectivity index (χ0) is 20.3. The van der Waals surface area contributed by atoms with Gasteiger partial charge in [0.25, 0.3) is 5.91 Å². The number of hydrogen-bond donors (Lipinski definition) is 1. The van der Waals surface area contributed by atoms with E-state index in [2.05, 4.69) is 5.32 Å². The normalized spacial score (nSPS) is 12.1. The molecule has 6 nitrogen and oxygen atoms in total. The molecule has 0 aliphatic carbocycles. The van der Waals surface area contributed by atoms with Gasteiger partial charge >= 0.3 is 0 Å². The lowest BCUT2D eigenvalue weighted by molar-refractivity contribution is 0.0914. The van der Waals surface area contributed by atoms with Gasteiger partial charge in [0.15, 0.2) is 28.6 Å². The summed E-state index contributed by atoms with van der Waals surface area (Å²) in [5, 5.41) is 3.77. The summed E-state index contributed by atoms with van der Waals surface area (Å²) < 4.78 is 22.2. The maximum atomic E-state index is 12.7. The Balaban J connectivity index is 1.79. The van der Waals surface area contributed by atoms with Gasteiger partial charge in [-0.2, -0.15) is 0 Å². The Bertz CT molecular complexity index is 976. The predicted octanol–water partition coefficient (Wildman–Crippen LogP) is 4.73. The number of amides is 1. The van der Waals surface area contributed by atoms with Crippen molar-refractivity contribution >= 4 is 16.9 Å². The van der Waals surface area contributed by atoms with Crippen LogP contribution >= 0.6 is 0 Å². The number of nitrogens with one attached hydrogen (secondary N) is 1. The fourth-order valence-electron chi connectivity index (χ4n) is 2.96. The van der Waals surface area contributed by atoms with Crippen LogP contribution in [0.25, 0.3) is 11.0 Å². The van der Waals surface area contributed by atoms with Crippen LogP contribution < -0.4 is 19.5 Å². The number of hydrogen-bond acceptors (Lipinski definition) is 5. The third kappa shape index (κ3) is 4.06. The van der Waals surface area contributed by atoms with Gasteiger partial charge in [0.2, 0.25) is 0 Å². The van der Waals surface area contributed by atoms with Gasteiger partial charge in [-0.05, 0) is 50.6 Å². The third-order valence-electron chi connectivity index (χ3n) is 4.35. The number of fused-ring (bicyclic) bond motifs is 1. The van der Waals surface area contributed by atoms with E-state index in [0.29, 0.717) is 22.8 Å². The summed E-state index contributed by atoms with van der Waals surface area (Å²) in [6.07, 6.45) is 0.0435. The van der Waals surface area contributed by atoms with Crippen LogP contribution in [0.3, 0.4) is 0 Å². The minimum Gasteiger partial charge on any atom is -0.493 e. The van der Waals surface area contributed by atoms with Gasteiger partial charge in [0.05, 0.1) is 26.4 Å². The summed E-state index contributed by atoms with van der Waals surface area (Å²) in [5.41, 5.74) is 1.45. The Kier molecular flexibility index (Phi) is 5.78. The molecule has 1 aromatic heterocycles. The lowest BCUT2D eigenvalue weighted by Gasteiger charge is -2.18. The molecule has 1 unspecified atom stereocenters. The highest BCUT2D eigenvalue weighted by molar-refractivity contribution is 5.97. The SMILES string of the molecule is COc1cc(C(C)NC(=O)c2cc3cccc(OC)c3o2)ccc1OC(C)C. The summed E-state index contributed by atoms with van der Waals surface area (Å²) >= 11 is 0. The van der Waals surface area contributed by atoms with Gasteiger partial charge in [0.1, 0.15) is 0 Å². The molecule has 6 heteroatoms. The standard InChI is InChI=1S/C22H25NO5/c1-13(2)27-17-10-9-15(11-19(17)26-5)14(3)23-22(24)20-12-16-7-6-8-18(25-4)21(16)28-20/h6-14H,1-5H3,(H,23,24). The zero-order valence-corrected chi connectivity index (χ0v) is 16.7. The molecule has 0 radical (unpaired) electrons. The summed E-state index contributed by atoms with van der Waals surface area (Å²) in [6, 6.07) is 12.6. The second-order valence-electron chi connectivity index (χ2n) is 6.76. The molecule has 148 valence electrons. The fourth-order valence-corrected chi connectivity index (χ4v) is 2.96. The van der Waals surface area contributed by atoms with E-state index in [9.17, 15) is 4.79 Å². The van der Waals surface area contributed by atoms with Crippen LogP contribution in [0.1, 0.15) is 42.9 Å². The van der Waals surface area contributed by atoms with Crippen LogP contribution in [0.2, 0.25) is 0 Å². The lowest BCUT2D eigenvalue weighted by Crippen LogP contribution is -2.26. The van der Waals surface area contributed by atoms with E-state index in [-0.39, 0.29) is 23.8 Å². The molecule has 0 spiro atoms. The first kappa shape index (κ1) is 19.6. The highest BCUT2D eigenvalue weighted by Crippen LogP contribution is 2.32. The van der Waals surface area contributed by atoms with Gasteiger partial charge in [-0.25, -0.2) is 0 Å². The minimum atomic E-state index is -0.299. The van der Waals surface area contributed by atoms with Crippen LogP contribution in [0, 0.1) is 0 Å². The quantitative estimate of drug-likeness (QED) is 0.639. The van der Waals surface area contributed by atoms with E-state index >= 15 is 0 Å². The maximum absolute atomic E-state index is 12.7. The maximum Gasteiger partial charge on any atom is 0.287 e. The van der Waals surface area contributed by atoms with Crippen molar-refractivity contribution in [1.29, 1.82) is 0 Å². The third-order valence-corrected chi connectivity index (χ3v) is 4.35. The second-order valence-corrected chi connectivity index (χ2v) is 6.76. The van der Waals surface area contributed by atoms with Gasteiger partial charge in [-0.15, -0.1) is 0 Å². The first-order valence-electron chi connectivity index (χ1n) is 9.15. The molecule has 2 aromatic carbocycles. The highest BCUT2D eigenvalue weighted by atomic mass is 16.5. The lowest BCUT2D eigenvalue weighted by atomic mass is 10.1. The molecule has 0 saturated heterocycles. The van der Waals surface area contributed by atoms with Crippen molar-refractivity contribution in [3.63, 3.8) is 0 Å². The van der Waals surface area contributed by atoms with Crippen molar-refractivity contribution < 1.29 is 23.4 Å². The number of furan rings is 1. The Labute approximate surface area is 164 Å². The van der Waals surface area contributed by atoms with Gasteiger partial charge in [0, 0.05) is 5.39 Å². The number of para-hydroxylation sites is 1. The predicted molar refractivity (Wildman–Crippen MR) is 107 cm³/mol. The molecule has 0 aliphatic heterocycles. The largest absolute Gasteiger partial charge is 0.493 e. The molecule has 3 aromatic rings. The van der Waals surface area contributed by atoms with E-state index in [1.54, 1.807) is 26.4 Å². The van der Waals surface area contributed by atoms with E-state index in [1.165, 1.54) is 0 Å². The number of methoxy groups -OCH3 is 2. The van der Waals surface area contributed by atoms with Crippen LogP contribution in [-0.4, -0.2) is 26.2 Å².